The van der Waals surface area contributed by atoms with Crippen molar-refractivity contribution in [3.8, 4) is 0 Å². The van der Waals surface area contributed by atoms with Crippen LogP contribution < -0.4 is 0 Å². The first-order valence-corrected chi connectivity index (χ1v) is 34.4. The molecule has 0 saturated carbocycles. The van der Waals surface area contributed by atoms with Crippen molar-refractivity contribution in [1.82, 2.24) is 0 Å². The highest BCUT2D eigenvalue weighted by atomic mass is 16.6. The Hall–Kier alpha value is -3.15. The van der Waals surface area contributed by atoms with Gasteiger partial charge in [0.05, 0.1) is 0 Å². The number of carbonyl (C=O) groups is 3. The third-order valence-electron chi connectivity index (χ3n) is 15.2. The third kappa shape index (κ3) is 65.5. The maximum absolute atomic E-state index is 12.9. The minimum absolute atomic E-state index is 0.0672. The van der Waals surface area contributed by atoms with Gasteiger partial charge in [0, 0.05) is 19.3 Å². The first-order chi connectivity index (χ1) is 39.0. The Morgan fingerprint density at radius 2 is 0.494 bits per heavy atom. The van der Waals surface area contributed by atoms with Gasteiger partial charge >= 0.3 is 17.9 Å². The molecule has 0 aromatic rings. The summed E-state index contributed by atoms with van der Waals surface area (Å²) in [6.45, 7) is 6.57. The lowest BCUT2D eigenvalue weighted by Crippen LogP contribution is -2.30. The second-order valence-electron chi connectivity index (χ2n) is 23.1. The van der Waals surface area contributed by atoms with Crippen molar-refractivity contribution in [3.05, 3.63) is 72.9 Å². The number of ether oxygens (including phenoxy) is 3. The molecule has 1 atom stereocenters. The van der Waals surface area contributed by atoms with Gasteiger partial charge in [-0.1, -0.05) is 338 Å². The molecule has 0 aliphatic rings. The molecule has 0 heterocycles. The largest absolute Gasteiger partial charge is 0.462 e. The zero-order chi connectivity index (χ0) is 57.1. The van der Waals surface area contributed by atoms with Crippen LogP contribution in [0.2, 0.25) is 0 Å². The van der Waals surface area contributed by atoms with E-state index in [-0.39, 0.29) is 31.1 Å². The van der Waals surface area contributed by atoms with E-state index in [0.717, 1.165) is 96.3 Å². The van der Waals surface area contributed by atoms with Crippen LogP contribution in [0.25, 0.3) is 0 Å². The molecule has 0 fully saturated rings. The molecule has 0 amide bonds. The summed E-state index contributed by atoms with van der Waals surface area (Å²) < 4.78 is 16.9. The number of allylic oxidation sites excluding steroid dienone is 12. The molecule has 6 heteroatoms. The molecular weight excluding hydrogens is 973 g/mol. The molecule has 0 aliphatic heterocycles. The summed E-state index contributed by atoms with van der Waals surface area (Å²) in [5.41, 5.74) is 0. The van der Waals surface area contributed by atoms with Gasteiger partial charge in [-0.25, -0.2) is 0 Å². The van der Waals surface area contributed by atoms with Crippen LogP contribution in [0.15, 0.2) is 72.9 Å². The lowest BCUT2D eigenvalue weighted by molar-refractivity contribution is -0.167. The normalized spacial score (nSPS) is 12.5. The smallest absolute Gasteiger partial charge is 0.306 e. The van der Waals surface area contributed by atoms with Gasteiger partial charge in [0.25, 0.3) is 0 Å². The molecule has 0 rings (SSSR count). The SMILES string of the molecule is CC/C=C\C/C=C\C/C=C\C/C=C\C/C=C\C/C=C\CCCCCCCCCCCCCCCCCCC(=O)OCC(COC(=O)CCCCCCCCCCCCCCC)OC(=O)CCCCCCCCCCCCCCC. The molecule has 458 valence electrons. The molecular formula is C73H130O6. The predicted octanol–water partition coefficient (Wildman–Crippen LogP) is 23.7. The van der Waals surface area contributed by atoms with E-state index in [0.29, 0.717) is 19.3 Å². The van der Waals surface area contributed by atoms with Crippen molar-refractivity contribution in [2.45, 2.75) is 361 Å². The summed E-state index contributed by atoms with van der Waals surface area (Å²) in [5.74, 6) is -0.845. The molecule has 0 saturated heterocycles. The maximum atomic E-state index is 12.9. The van der Waals surface area contributed by atoms with E-state index in [1.807, 2.05) is 0 Å². The van der Waals surface area contributed by atoms with Crippen LogP contribution in [-0.4, -0.2) is 37.2 Å². The van der Waals surface area contributed by atoms with Crippen molar-refractivity contribution in [3.63, 3.8) is 0 Å². The first-order valence-electron chi connectivity index (χ1n) is 34.4. The molecule has 0 bridgehead atoms. The standard InChI is InChI=1S/C73H130O6/c1-4-7-10-13-16-19-22-25-26-27-28-29-30-31-32-33-34-35-36-37-38-39-40-41-42-43-44-45-46-49-51-54-57-60-63-66-72(75)78-69-70(79-73(76)67-64-61-58-55-52-48-24-21-18-15-12-9-6-3)68-77-71(74)65-62-59-56-53-50-47-23-20-17-14-11-8-5-2/h7,10,16,19,25-26,28-29,31-32,34-35,70H,4-6,8-9,11-15,17-18,20-24,27,30,33,36-69H2,1-3H3/b10-7-,19-16-,26-25-,29-28-,32-31-,35-34-. The summed E-state index contributed by atoms with van der Waals surface area (Å²) in [4.78, 5) is 38.3. The minimum Gasteiger partial charge on any atom is -0.462 e. The molecule has 79 heavy (non-hydrogen) atoms. The lowest BCUT2D eigenvalue weighted by Gasteiger charge is -2.18. The highest BCUT2D eigenvalue weighted by Crippen LogP contribution is 2.18. The third-order valence-corrected chi connectivity index (χ3v) is 15.2. The summed E-state index contributed by atoms with van der Waals surface area (Å²) in [6.07, 6.45) is 87.9. The van der Waals surface area contributed by atoms with Crippen molar-refractivity contribution >= 4 is 17.9 Å². The van der Waals surface area contributed by atoms with Gasteiger partial charge in [0.2, 0.25) is 0 Å². The quantitative estimate of drug-likeness (QED) is 0.0261. The average molecular weight is 1100 g/mol. The van der Waals surface area contributed by atoms with E-state index in [1.54, 1.807) is 0 Å². The van der Waals surface area contributed by atoms with Crippen LogP contribution in [0.3, 0.4) is 0 Å². The van der Waals surface area contributed by atoms with Crippen LogP contribution in [0.4, 0.5) is 0 Å². The Morgan fingerprint density at radius 3 is 0.772 bits per heavy atom. The number of carbonyl (C=O) groups excluding carboxylic acids is 3. The predicted molar refractivity (Wildman–Crippen MR) is 344 cm³/mol. The number of hydrogen-bond acceptors (Lipinski definition) is 6. The zero-order valence-electron chi connectivity index (χ0n) is 52.6. The van der Waals surface area contributed by atoms with Gasteiger partial charge in [-0.2, -0.15) is 0 Å². The van der Waals surface area contributed by atoms with Gasteiger partial charge in [-0.15, -0.1) is 0 Å². The summed E-state index contributed by atoms with van der Waals surface area (Å²) in [6, 6.07) is 0. The van der Waals surface area contributed by atoms with Crippen LogP contribution in [-0.2, 0) is 28.6 Å². The Morgan fingerprint density at radius 1 is 0.266 bits per heavy atom. The maximum Gasteiger partial charge on any atom is 0.306 e. The van der Waals surface area contributed by atoms with E-state index in [2.05, 4.69) is 93.7 Å². The van der Waals surface area contributed by atoms with Crippen molar-refractivity contribution in [1.29, 1.82) is 0 Å². The molecule has 0 aromatic carbocycles. The van der Waals surface area contributed by atoms with Crippen molar-refractivity contribution in [2.24, 2.45) is 0 Å². The topological polar surface area (TPSA) is 78.9 Å². The second-order valence-corrected chi connectivity index (χ2v) is 23.1. The second kappa shape index (κ2) is 67.4. The van der Waals surface area contributed by atoms with Gasteiger partial charge in [0.1, 0.15) is 13.2 Å². The number of unbranched alkanes of at least 4 members (excludes halogenated alkanes) is 40. The monoisotopic (exact) mass is 1100 g/mol. The fraction of sp³-hybridized carbons (Fsp3) is 0.795. The highest BCUT2D eigenvalue weighted by molar-refractivity contribution is 5.71. The molecule has 0 radical (unpaired) electrons. The van der Waals surface area contributed by atoms with E-state index >= 15 is 0 Å². The number of rotatable bonds is 63. The van der Waals surface area contributed by atoms with Gasteiger partial charge in [0.15, 0.2) is 6.10 Å². The van der Waals surface area contributed by atoms with Gasteiger partial charge in [-0.05, 0) is 70.6 Å². The Balaban J connectivity index is 4.08. The summed E-state index contributed by atoms with van der Waals surface area (Å²) in [7, 11) is 0. The average Bonchev–Trinajstić information content (AvgIpc) is 3.45. The van der Waals surface area contributed by atoms with Gasteiger partial charge < -0.3 is 14.2 Å². The van der Waals surface area contributed by atoms with Crippen LogP contribution in [0.1, 0.15) is 355 Å². The molecule has 0 N–H and O–H groups in total. The fourth-order valence-electron chi connectivity index (χ4n) is 10.1. The minimum atomic E-state index is -0.769. The van der Waals surface area contributed by atoms with Crippen LogP contribution >= 0.6 is 0 Å². The molecule has 0 aromatic heterocycles. The van der Waals surface area contributed by atoms with Gasteiger partial charge in [-0.3, -0.25) is 14.4 Å². The number of hydrogen-bond donors (Lipinski definition) is 0. The van der Waals surface area contributed by atoms with E-state index < -0.39 is 6.10 Å². The lowest BCUT2D eigenvalue weighted by atomic mass is 10.0. The number of esters is 3. The van der Waals surface area contributed by atoms with Crippen LogP contribution in [0.5, 0.6) is 0 Å². The summed E-state index contributed by atoms with van der Waals surface area (Å²) in [5, 5.41) is 0. The Kier molecular flexibility index (Phi) is 64.7. The first kappa shape index (κ1) is 75.8. The summed E-state index contributed by atoms with van der Waals surface area (Å²) >= 11 is 0. The molecule has 6 nitrogen and oxygen atoms in total. The zero-order valence-corrected chi connectivity index (χ0v) is 52.6. The van der Waals surface area contributed by atoms with Crippen molar-refractivity contribution in [2.75, 3.05) is 13.2 Å². The van der Waals surface area contributed by atoms with Crippen molar-refractivity contribution < 1.29 is 28.6 Å². The molecule has 0 aliphatic carbocycles. The fourth-order valence-corrected chi connectivity index (χ4v) is 10.1. The Labute approximate surface area is 491 Å². The van der Waals surface area contributed by atoms with E-state index in [1.165, 1.54) is 218 Å². The molecule has 0 spiro atoms. The van der Waals surface area contributed by atoms with E-state index in [4.69, 9.17) is 14.2 Å². The highest BCUT2D eigenvalue weighted by Gasteiger charge is 2.19. The molecule has 1 unspecified atom stereocenters. The van der Waals surface area contributed by atoms with Crippen LogP contribution in [0, 0.1) is 0 Å². The van der Waals surface area contributed by atoms with E-state index in [9.17, 15) is 14.4 Å². The Bertz CT molecular complexity index is 1450.